The van der Waals surface area contributed by atoms with Crippen LogP contribution in [0.5, 0.6) is 0 Å². The molecule has 1 aromatic carbocycles. The van der Waals surface area contributed by atoms with Gasteiger partial charge in [-0.1, -0.05) is 0 Å². The summed E-state index contributed by atoms with van der Waals surface area (Å²) in [6.07, 6.45) is 5.35. The maximum atomic E-state index is 12.5. The Morgan fingerprint density at radius 3 is 3.11 bits per heavy atom. The van der Waals surface area contributed by atoms with Gasteiger partial charge in [-0.2, -0.15) is 0 Å². The van der Waals surface area contributed by atoms with Crippen molar-refractivity contribution < 1.29 is 4.79 Å². The minimum atomic E-state index is 0.179. The van der Waals surface area contributed by atoms with Gasteiger partial charge in [0.2, 0.25) is 0 Å². The molecule has 1 aliphatic carbocycles. The molecule has 1 saturated heterocycles. The standard InChI is InChI=1S/C14H15N3O/c18-14(17-7-9-1-3-11(17)5-9)10-2-4-12-13(6-10)16-8-15-12/h2,4,6,8-9,11H,1,3,5,7H2,(H,15,16). The van der Waals surface area contributed by atoms with Crippen LogP contribution >= 0.6 is 0 Å². The van der Waals surface area contributed by atoms with Gasteiger partial charge in [-0.15, -0.1) is 0 Å². The predicted octanol–water partition coefficient (Wildman–Crippen LogP) is 2.19. The van der Waals surface area contributed by atoms with Crippen LogP contribution in [-0.2, 0) is 0 Å². The quantitative estimate of drug-likeness (QED) is 0.832. The number of carbonyl (C=O) groups excluding carboxylic acids is 1. The average molecular weight is 241 g/mol. The van der Waals surface area contributed by atoms with Crippen molar-refractivity contribution in [1.82, 2.24) is 14.9 Å². The van der Waals surface area contributed by atoms with Crippen LogP contribution in [0.15, 0.2) is 24.5 Å². The molecule has 18 heavy (non-hydrogen) atoms. The van der Waals surface area contributed by atoms with Crippen LogP contribution in [0.2, 0.25) is 0 Å². The Kier molecular flexibility index (Phi) is 2.01. The third kappa shape index (κ3) is 1.38. The van der Waals surface area contributed by atoms with Crippen molar-refractivity contribution in [3.05, 3.63) is 30.1 Å². The molecule has 2 aliphatic rings. The van der Waals surface area contributed by atoms with Crippen LogP contribution < -0.4 is 0 Å². The lowest BCUT2D eigenvalue weighted by Crippen LogP contribution is -2.37. The molecule has 1 saturated carbocycles. The lowest BCUT2D eigenvalue weighted by Gasteiger charge is -2.27. The first-order valence-corrected chi connectivity index (χ1v) is 6.55. The molecule has 4 rings (SSSR count). The van der Waals surface area contributed by atoms with Crippen LogP contribution in [0.1, 0.15) is 29.6 Å². The SMILES string of the molecule is O=C(c1ccc2nc[nH]c2c1)N1CC2CCC1C2. The van der Waals surface area contributed by atoms with E-state index in [1.807, 2.05) is 18.2 Å². The van der Waals surface area contributed by atoms with Crippen molar-refractivity contribution in [2.45, 2.75) is 25.3 Å². The van der Waals surface area contributed by atoms with Gasteiger partial charge in [-0.3, -0.25) is 4.79 Å². The summed E-state index contributed by atoms with van der Waals surface area (Å²) in [6, 6.07) is 6.20. The lowest BCUT2D eigenvalue weighted by atomic mass is 10.1. The molecule has 2 aromatic rings. The van der Waals surface area contributed by atoms with Crippen LogP contribution in [0, 0.1) is 5.92 Å². The third-order valence-electron chi connectivity index (χ3n) is 4.34. The number of imidazole rings is 1. The summed E-state index contributed by atoms with van der Waals surface area (Å²) >= 11 is 0. The second kappa shape index (κ2) is 3.57. The fraction of sp³-hybridized carbons (Fsp3) is 0.429. The number of hydrogen-bond acceptors (Lipinski definition) is 2. The molecule has 2 atom stereocenters. The van der Waals surface area contributed by atoms with E-state index in [0.717, 1.165) is 29.1 Å². The molecule has 0 radical (unpaired) electrons. The Hall–Kier alpha value is -1.84. The van der Waals surface area contributed by atoms with Crippen LogP contribution in [0.4, 0.5) is 0 Å². The number of aromatic amines is 1. The van der Waals surface area contributed by atoms with E-state index in [1.54, 1.807) is 6.33 Å². The van der Waals surface area contributed by atoms with Crippen LogP contribution in [0.25, 0.3) is 11.0 Å². The topological polar surface area (TPSA) is 49.0 Å². The molecule has 4 heteroatoms. The number of piperidine rings is 1. The Morgan fingerprint density at radius 1 is 1.39 bits per heavy atom. The number of rotatable bonds is 1. The molecule has 0 spiro atoms. The number of benzene rings is 1. The molecule has 1 N–H and O–H groups in total. The van der Waals surface area contributed by atoms with Gasteiger partial charge in [0.15, 0.2) is 0 Å². The van der Waals surface area contributed by atoms with Gasteiger partial charge in [-0.25, -0.2) is 4.98 Å². The van der Waals surface area contributed by atoms with Gasteiger partial charge >= 0.3 is 0 Å². The normalized spacial score (nSPS) is 26.1. The van der Waals surface area contributed by atoms with E-state index in [4.69, 9.17) is 0 Å². The van der Waals surface area contributed by atoms with Gasteiger partial charge in [0.05, 0.1) is 17.4 Å². The highest BCUT2D eigenvalue weighted by Gasteiger charge is 2.40. The second-order valence-electron chi connectivity index (χ2n) is 5.42. The molecular weight excluding hydrogens is 226 g/mol. The van der Waals surface area contributed by atoms with E-state index in [1.165, 1.54) is 19.3 Å². The Bertz CT molecular complexity index is 618. The molecule has 1 aliphatic heterocycles. The molecule has 92 valence electrons. The van der Waals surface area contributed by atoms with Gasteiger partial charge < -0.3 is 9.88 Å². The van der Waals surface area contributed by atoms with E-state index in [9.17, 15) is 4.79 Å². The molecule has 1 amide bonds. The summed E-state index contributed by atoms with van der Waals surface area (Å²) < 4.78 is 0. The molecule has 2 fully saturated rings. The molecular formula is C14H15N3O. The molecule has 2 bridgehead atoms. The van der Waals surface area contributed by atoms with E-state index in [-0.39, 0.29) is 5.91 Å². The fourth-order valence-corrected chi connectivity index (χ4v) is 3.41. The zero-order chi connectivity index (χ0) is 12.1. The summed E-state index contributed by atoms with van der Waals surface area (Å²) in [5, 5.41) is 0. The second-order valence-corrected chi connectivity index (χ2v) is 5.42. The number of amides is 1. The minimum absolute atomic E-state index is 0.179. The van der Waals surface area contributed by atoms with Crippen molar-refractivity contribution in [3.8, 4) is 0 Å². The first-order valence-electron chi connectivity index (χ1n) is 6.55. The van der Waals surface area contributed by atoms with E-state index in [0.29, 0.717) is 6.04 Å². The monoisotopic (exact) mass is 241 g/mol. The first kappa shape index (κ1) is 10.1. The van der Waals surface area contributed by atoms with Crippen molar-refractivity contribution in [2.24, 2.45) is 5.92 Å². The van der Waals surface area contributed by atoms with Gasteiger partial charge in [-0.05, 0) is 43.4 Å². The number of H-pyrrole nitrogens is 1. The zero-order valence-electron chi connectivity index (χ0n) is 10.1. The zero-order valence-corrected chi connectivity index (χ0v) is 10.1. The average Bonchev–Trinajstić information content (AvgIpc) is 3.12. The first-order chi connectivity index (χ1) is 8.81. The van der Waals surface area contributed by atoms with Crippen LogP contribution in [-0.4, -0.2) is 33.4 Å². The third-order valence-corrected chi connectivity index (χ3v) is 4.34. The van der Waals surface area contributed by atoms with Gasteiger partial charge in [0, 0.05) is 18.2 Å². The largest absolute Gasteiger partial charge is 0.345 e. The summed E-state index contributed by atoms with van der Waals surface area (Å²) in [4.78, 5) is 21.8. The fourth-order valence-electron chi connectivity index (χ4n) is 3.41. The minimum Gasteiger partial charge on any atom is -0.345 e. The summed E-state index contributed by atoms with van der Waals surface area (Å²) in [6.45, 7) is 0.949. The predicted molar refractivity (Wildman–Crippen MR) is 68.3 cm³/mol. The van der Waals surface area contributed by atoms with E-state index >= 15 is 0 Å². The number of fused-ring (bicyclic) bond motifs is 3. The number of nitrogens with one attached hydrogen (secondary N) is 1. The van der Waals surface area contributed by atoms with Crippen molar-refractivity contribution in [1.29, 1.82) is 0 Å². The van der Waals surface area contributed by atoms with Crippen molar-refractivity contribution >= 4 is 16.9 Å². The van der Waals surface area contributed by atoms with E-state index in [2.05, 4.69) is 14.9 Å². The number of nitrogens with zero attached hydrogens (tertiary/aromatic N) is 2. The lowest BCUT2D eigenvalue weighted by molar-refractivity contribution is 0.0704. The maximum Gasteiger partial charge on any atom is 0.254 e. The number of hydrogen-bond donors (Lipinski definition) is 1. The molecule has 2 unspecified atom stereocenters. The Morgan fingerprint density at radius 2 is 2.33 bits per heavy atom. The van der Waals surface area contributed by atoms with Crippen LogP contribution in [0.3, 0.4) is 0 Å². The van der Waals surface area contributed by atoms with Gasteiger partial charge in [0.1, 0.15) is 0 Å². The van der Waals surface area contributed by atoms with Crippen molar-refractivity contribution in [2.75, 3.05) is 6.54 Å². The van der Waals surface area contributed by atoms with Gasteiger partial charge in [0.25, 0.3) is 5.91 Å². The summed E-state index contributed by atoms with van der Waals surface area (Å²) in [7, 11) is 0. The van der Waals surface area contributed by atoms with E-state index < -0.39 is 0 Å². The highest BCUT2D eigenvalue weighted by atomic mass is 16.2. The molecule has 1 aromatic heterocycles. The number of carbonyl (C=O) groups is 1. The number of aromatic nitrogens is 2. The molecule has 2 heterocycles. The van der Waals surface area contributed by atoms with Crippen molar-refractivity contribution in [3.63, 3.8) is 0 Å². The smallest absolute Gasteiger partial charge is 0.254 e. The Balaban J connectivity index is 1.67. The summed E-state index contributed by atoms with van der Waals surface area (Å²) in [5.41, 5.74) is 2.62. The summed E-state index contributed by atoms with van der Waals surface area (Å²) in [5.74, 6) is 0.925. The molecule has 4 nitrogen and oxygen atoms in total. The highest BCUT2D eigenvalue weighted by Crippen LogP contribution is 2.38. The highest BCUT2D eigenvalue weighted by molar-refractivity contribution is 5.97. The Labute approximate surface area is 105 Å². The maximum absolute atomic E-state index is 12.5. The number of likely N-dealkylation sites (tertiary alicyclic amines) is 1.